The van der Waals surface area contributed by atoms with Gasteiger partial charge in [0.05, 0.1) is 11.5 Å². The van der Waals surface area contributed by atoms with Crippen LogP contribution in [0.15, 0.2) is 53.4 Å². The molecule has 1 aliphatic heterocycles. The van der Waals surface area contributed by atoms with E-state index in [1.807, 2.05) is 49.1 Å². The van der Waals surface area contributed by atoms with Crippen molar-refractivity contribution in [3.63, 3.8) is 0 Å². The lowest BCUT2D eigenvalue weighted by atomic mass is 9.96. The van der Waals surface area contributed by atoms with Gasteiger partial charge in [-0.2, -0.15) is 4.31 Å². The molecular formula is C26H36N2O4S. The Kier molecular flexibility index (Phi) is 9.06. The number of aryl methyl sites for hydroxylation is 3. The van der Waals surface area contributed by atoms with Crippen molar-refractivity contribution in [2.24, 2.45) is 5.92 Å². The first kappa shape index (κ1) is 25.4. The van der Waals surface area contributed by atoms with Crippen LogP contribution in [0.25, 0.3) is 0 Å². The number of hydrogen-bond donors (Lipinski definition) is 0. The van der Waals surface area contributed by atoms with Crippen LogP contribution in [0.1, 0.15) is 36.0 Å². The number of piperidine rings is 1. The number of carbonyl (C=O) groups is 1. The average Bonchev–Trinajstić information content (AvgIpc) is 2.81. The molecule has 0 radical (unpaired) electrons. The van der Waals surface area contributed by atoms with Crippen molar-refractivity contribution in [2.45, 2.75) is 44.4 Å². The van der Waals surface area contributed by atoms with Gasteiger partial charge in [0.15, 0.2) is 0 Å². The second kappa shape index (κ2) is 11.8. The molecule has 2 aromatic rings. The van der Waals surface area contributed by atoms with E-state index in [1.165, 1.54) is 9.87 Å². The van der Waals surface area contributed by atoms with Gasteiger partial charge in [0, 0.05) is 39.2 Å². The van der Waals surface area contributed by atoms with Gasteiger partial charge in [0.2, 0.25) is 15.9 Å². The number of nitrogens with zero attached hydrogens (tertiary/aromatic N) is 2. The van der Waals surface area contributed by atoms with Crippen molar-refractivity contribution in [2.75, 3.05) is 39.9 Å². The highest BCUT2D eigenvalue weighted by Gasteiger charge is 2.34. The van der Waals surface area contributed by atoms with Gasteiger partial charge in [-0.25, -0.2) is 8.42 Å². The third-order valence-corrected chi connectivity index (χ3v) is 8.42. The quantitative estimate of drug-likeness (QED) is 0.527. The molecule has 1 heterocycles. The van der Waals surface area contributed by atoms with Crippen LogP contribution in [0.2, 0.25) is 0 Å². The van der Waals surface area contributed by atoms with Crippen molar-refractivity contribution < 1.29 is 17.9 Å². The van der Waals surface area contributed by atoms with Gasteiger partial charge in [-0.05, 0) is 56.7 Å². The fourth-order valence-corrected chi connectivity index (χ4v) is 6.16. The van der Waals surface area contributed by atoms with E-state index in [0.717, 1.165) is 24.0 Å². The predicted octanol–water partition coefficient (Wildman–Crippen LogP) is 3.81. The highest BCUT2D eigenvalue weighted by molar-refractivity contribution is 7.89. The summed E-state index contributed by atoms with van der Waals surface area (Å²) in [5, 5.41) is 0. The van der Waals surface area contributed by atoms with Crippen LogP contribution in [0.5, 0.6) is 0 Å². The van der Waals surface area contributed by atoms with E-state index in [0.29, 0.717) is 50.5 Å². The molecule has 33 heavy (non-hydrogen) atoms. The van der Waals surface area contributed by atoms with Crippen LogP contribution in [-0.2, 0) is 26.0 Å². The van der Waals surface area contributed by atoms with E-state index in [1.54, 1.807) is 13.2 Å². The maximum Gasteiger partial charge on any atom is 0.243 e. The highest BCUT2D eigenvalue weighted by Crippen LogP contribution is 2.27. The fourth-order valence-electron chi connectivity index (χ4n) is 4.48. The topological polar surface area (TPSA) is 66.9 Å². The zero-order chi connectivity index (χ0) is 23.8. The third-order valence-electron chi connectivity index (χ3n) is 6.36. The molecule has 0 bridgehead atoms. The van der Waals surface area contributed by atoms with E-state index in [2.05, 4.69) is 12.1 Å². The molecule has 0 spiro atoms. The summed E-state index contributed by atoms with van der Waals surface area (Å²) in [5.41, 5.74) is 3.07. The van der Waals surface area contributed by atoms with Crippen LogP contribution >= 0.6 is 0 Å². The molecule has 1 aliphatic rings. The van der Waals surface area contributed by atoms with Gasteiger partial charge in [-0.1, -0.05) is 48.0 Å². The number of benzene rings is 2. The van der Waals surface area contributed by atoms with E-state index in [-0.39, 0.29) is 11.8 Å². The summed E-state index contributed by atoms with van der Waals surface area (Å²) in [4.78, 5) is 15.5. The lowest BCUT2D eigenvalue weighted by molar-refractivity contribution is -0.137. The minimum absolute atomic E-state index is 0.115. The molecule has 0 aromatic heterocycles. The smallest absolute Gasteiger partial charge is 0.243 e. The Balaban J connectivity index is 1.59. The summed E-state index contributed by atoms with van der Waals surface area (Å²) in [6, 6.07) is 15.7. The number of rotatable bonds is 10. The number of hydrogen-bond acceptors (Lipinski definition) is 4. The molecule has 0 unspecified atom stereocenters. The fraction of sp³-hybridized carbons (Fsp3) is 0.500. The molecule has 0 saturated carbocycles. The summed E-state index contributed by atoms with van der Waals surface area (Å²) in [5.74, 6) is -0.0344. The second-order valence-corrected chi connectivity index (χ2v) is 10.8. The standard InChI is InChI=1S/C26H36N2O4S/c1-21-11-12-25(22(2)20-21)33(30,31)28-16-13-24(14-17-28)26(29)27(18-19-32-3)15-7-10-23-8-5-4-6-9-23/h4-6,8-9,11-12,20,24H,7,10,13-19H2,1-3H3. The SMILES string of the molecule is COCCN(CCCc1ccccc1)C(=O)C1CCN(S(=O)(=O)c2ccc(C)cc2C)CC1. The molecule has 2 aromatic carbocycles. The van der Waals surface area contributed by atoms with Crippen molar-refractivity contribution in [1.82, 2.24) is 9.21 Å². The molecule has 180 valence electrons. The zero-order valence-corrected chi connectivity index (χ0v) is 20.8. The maximum atomic E-state index is 13.3. The summed E-state index contributed by atoms with van der Waals surface area (Å²) in [6.07, 6.45) is 2.90. The number of ether oxygens (including phenoxy) is 1. The molecule has 1 fully saturated rings. The first-order chi connectivity index (χ1) is 15.8. The summed E-state index contributed by atoms with van der Waals surface area (Å²) in [7, 11) is -1.91. The summed E-state index contributed by atoms with van der Waals surface area (Å²) >= 11 is 0. The van der Waals surface area contributed by atoms with Gasteiger partial charge < -0.3 is 9.64 Å². The third kappa shape index (κ3) is 6.65. The van der Waals surface area contributed by atoms with Crippen LogP contribution in [0.3, 0.4) is 0 Å². The lowest BCUT2D eigenvalue weighted by Gasteiger charge is -2.34. The highest BCUT2D eigenvalue weighted by atomic mass is 32.2. The first-order valence-corrected chi connectivity index (χ1v) is 13.2. The van der Waals surface area contributed by atoms with Crippen LogP contribution in [-0.4, -0.2) is 63.4 Å². The van der Waals surface area contributed by atoms with Crippen molar-refractivity contribution in [1.29, 1.82) is 0 Å². The Bertz CT molecular complexity index is 1020. The zero-order valence-electron chi connectivity index (χ0n) is 20.0. The molecule has 7 heteroatoms. The first-order valence-electron chi connectivity index (χ1n) is 11.7. The molecular weight excluding hydrogens is 436 g/mol. The van der Waals surface area contributed by atoms with Crippen LogP contribution in [0.4, 0.5) is 0 Å². The number of sulfonamides is 1. The Hall–Kier alpha value is -2.22. The number of amides is 1. The van der Waals surface area contributed by atoms with Gasteiger partial charge in [0.25, 0.3) is 0 Å². The van der Waals surface area contributed by atoms with Gasteiger partial charge in [0.1, 0.15) is 0 Å². The number of carbonyl (C=O) groups excluding carboxylic acids is 1. The van der Waals surface area contributed by atoms with Gasteiger partial charge >= 0.3 is 0 Å². The Morgan fingerprint density at radius 1 is 1.06 bits per heavy atom. The summed E-state index contributed by atoms with van der Waals surface area (Å²) < 4.78 is 33.1. The Labute approximate surface area is 198 Å². The van der Waals surface area contributed by atoms with Gasteiger partial charge in [-0.15, -0.1) is 0 Å². The largest absolute Gasteiger partial charge is 0.383 e. The van der Waals surface area contributed by atoms with Crippen LogP contribution in [0, 0.1) is 19.8 Å². The van der Waals surface area contributed by atoms with Crippen molar-refractivity contribution >= 4 is 15.9 Å². The minimum atomic E-state index is -3.55. The average molecular weight is 473 g/mol. The van der Waals surface area contributed by atoms with E-state index >= 15 is 0 Å². The van der Waals surface area contributed by atoms with E-state index in [4.69, 9.17) is 4.74 Å². The molecule has 3 rings (SSSR count). The molecule has 0 N–H and O–H groups in total. The van der Waals surface area contributed by atoms with E-state index < -0.39 is 10.0 Å². The predicted molar refractivity (Wildman–Crippen MR) is 131 cm³/mol. The second-order valence-electron chi connectivity index (χ2n) is 8.85. The van der Waals surface area contributed by atoms with E-state index in [9.17, 15) is 13.2 Å². The Morgan fingerprint density at radius 3 is 2.39 bits per heavy atom. The van der Waals surface area contributed by atoms with Gasteiger partial charge in [-0.3, -0.25) is 4.79 Å². The Morgan fingerprint density at radius 2 is 1.76 bits per heavy atom. The maximum absolute atomic E-state index is 13.3. The number of methoxy groups -OCH3 is 1. The monoisotopic (exact) mass is 472 g/mol. The summed E-state index contributed by atoms with van der Waals surface area (Å²) in [6.45, 7) is 6.26. The minimum Gasteiger partial charge on any atom is -0.383 e. The molecule has 1 amide bonds. The molecule has 0 aliphatic carbocycles. The van der Waals surface area contributed by atoms with Crippen LogP contribution < -0.4 is 0 Å². The van der Waals surface area contributed by atoms with Crippen molar-refractivity contribution in [3.8, 4) is 0 Å². The molecule has 1 saturated heterocycles. The van der Waals surface area contributed by atoms with Crippen molar-refractivity contribution in [3.05, 3.63) is 65.2 Å². The molecule has 0 atom stereocenters. The normalized spacial score (nSPS) is 15.5. The lowest BCUT2D eigenvalue weighted by Crippen LogP contribution is -2.45. The molecule has 6 nitrogen and oxygen atoms in total.